The normalized spacial score (nSPS) is 16.6. The predicted octanol–water partition coefficient (Wildman–Crippen LogP) is 5.50. The lowest BCUT2D eigenvalue weighted by Crippen LogP contribution is -2.33. The summed E-state index contributed by atoms with van der Waals surface area (Å²) in [4.78, 5) is 2.61. The van der Waals surface area contributed by atoms with Crippen molar-refractivity contribution in [3.05, 3.63) is 94.5 Å². The summed E-state index contributed by atoms with van der Waals surface area (Å²) in [6, 6.07) is 28.7. The molecule has 27 heavy (non-hydrogen) atoms. The Hall–Kier alpha value is -1.94. The minimum Gasteiger partial charge on any atom is -0.315 e. The smallest absolute Gasteiger partial charge is 0.0602 e. The Morgan fingerprint density at radius 3 is 2.30 bits per heavy atom. The van der Waals surface area contributed by atoms with Crippen molar-refractivity contribution < 1.29 is 0 Å². The van der Waals surface area contributed by atoms with Crippen molar-refractivity contribution in [3.63, 3.8) is 0 Å². The number of rotatable bonds is 4. The topological polar surface area (TPSA) is 15.3 Å². The minimum absolute atomic E-state index is 0.284. The molecule has 3 aromatic rings. The Morgan fingerprint density at radius 1 is 0.741 bits per heavy atom. The van der Waals surface area contributed by atoms with Crippen LogP contribution in [0.4, 0.5) is 0 Å². The van der Waals surface area contributed by atoms with E-state index in [0.717, 1.165) is 30.7 Å². The molecule has 1 unspecified atom stereocenters. The van der Waals surface area contributed by atoms with E-state index in [9.17, 15) is 0 Å². The van der Waals surface area contributed by atoms with Crippen molar-refractivity contribution in [2.45, 2.75) is 12.5 Å². The summed E-state index contributed by atoms with van der Waals surface area (Å²) >= 11 is 3.65. The number of hydrogen-bond acceptors (Lipinski definition) is 2. The zero-order chi connectivity index (χ0) is 18.5. The van der Waals surface area contributed by atoms with E-state index in [1.165, 1.54) is 28.7 Å². The van der Waals surface area contributed by atoms with E-state index in [4.69, 9.17) is 0 Å². The van der Waals surface area contributed by atoms with Gasteiger partial charge in [0.25, 0.3) is 0 Å². The molecule has 0 bridgehead atoms. The van der Waals surface area contributed by atoms with Crippen molar-refractivity contribution in [1.29, 1.82) is 0 Å². The van der Waals surface area contributed by atoms with Gasteiger partial charge in [0.15, 0.2) is 0 Å². The van der Waals surface area contributed by atoms with Crippen molar-refractivity contribution >= 4 is 15.9 Å². The second-order valence-corrected chi connectivity index (χ2v) is 8.00. The molecule has 2 nitrogen and oxygen atoms in total. The maximum Gasteiger partial charge on any atom is 0.0602 e. The highest BCUT2D eigenvalue weighted by atomic mass is 79.9. The van der Waals surface area contributed by atoms with Gasteiger partial charge in [-0.3, -0.25) is 4.90 Å². The van der Waals surface area contributed by atoms with Gasteiger partial charge in [-0.25, -0.2) is 0 Å². The van der Waals surface area contributed by atoms with E-state index >= 15 is 0 Å². The third-order valence-corrected chi connectivity index (χ3v) is 5.73. The fraction of sp³-hybridized carbons (Fsp3) is 0.250. The monoisotopic (exact) mass is 420 g/mol. The molecular formula is C24H25BrN2. The molecule has 1 N–H and O–H groups in total. The molecule has 4 rings (SSSR count). The largest absolute Gasteiger partial charge is 0.315 e. The maximum atomic E-state index is 3.65. The lowest BCUT2D eigenvalue weighted by molar-refractivity contribution is 0.241. The number of benzene rings is 3. The molecule has 0 saturated carbocycles. The summed E-state index contributed by atoms with van der Waals surface area (Å²) in [5, 5.41) is 3.53. The van der Waals surface area contributed by atoms with Crippen LogP contribution in [0, 0.1) is 0 Å². The Bertz CT molecular complexity index is 853. The van der Waals surface area contributed by atoms with Gasteiger partial charge in [-0.1, -0.05) is 82.7 Å². The molecule has 1 saturated heterocycles. The van der Waals surface area contributed by atoms with E-state index in [1.54, 1.807) is 0 Å². The zero-order valence-corrected chi connectivity index (χ0v) is 17.0. The Morgan fingerprint density at radius 2 is 1.52 bits per heavy atom. The van der Waals surface area contributed by atoms with E-state index in [2.05, 4.69) is 105 Å². The molecule has 1 heterocycles. The van der Waals surface area contributed by atoms with Crippen LogP contribution in [0.5, 0.6) is 0 Å². The number of nitrogens with zero attached hydrogens (tertiary/aromatic N) is 1. The molecule has 0 amide bonds. The van der Waals surface area contributed by atoms with Crippen LogP contribution in [0.25, 0.3) is 11.1 Å². The highest BCUT2D eigenvalue weighted by Gasteiger charge is 2.23. The molecule has 3 heteroatoms. The molecule has 0 spiro atoms. The molecule has 0 aromatic heterocycles. The van der Waals surface area contributed by atoms with Gasteiger partial charge in [0.05, 0.1) is 6.04 Å². The first kappa shape index (κ1) is 18.4. The standard InChI is InChI=1S/C24H25BrN2/c25-23-9-4-8-22(18-23)24(27-16-5-14-26-15-17-27)21-12-10-20(11-13-21)19-6-2-1-3-7-19/h1-4,6-13,18,24,26H,5,14-17H2. The average molecular weight is 421 g/mol. The molecule has 1 atom stereocenters. The second kappa shape index (κ2) is 8.83. The number of hydrogen-bond donors (Lipinski definition) is 1. The van der Waals surface area contributed by atoms with Crippen molar-refractivity contribution in [2.24, 2.45) is 0 Å². The van der Waals surface area contributed by atoms with Crippen LogP contribution in [0.3, 0.4) is 0 Å². The van der Waals surface area contributed by atoms with Crippen LogP contribution < -0.4 is 5.32 Å². The van der Waals surface area contributed by atoms with Gasteiger partial charge in [0, 0.05) is 24.1 Å². The van der Waals surface area contributed by atoms with E-state index in [1.807, 2.05) is 0 Å². The fourth-order valence-corrected chi connectivity index (χ4v) is 4.32. The van der Waals surface area contributed by atoms with Gasteiger partial charge in [-0.2, -0.15) is 0 Å². The molecule has 138 valence electrons. The summed E-state index contributed by atoms with van der Waals surface area (Å²) < 4.78 is 1.14. The summed E-state index contributed by atoms with van der Waals surface area (Å²) in [5.74, 6) is 0. The van der Waals surface area contributed by atoms with Crippen LogP contribution in [0.1, 0.15) is 23.6 Å². The Labute approximate surface area is 170 Å². The van der Waals surface area contributed by atoms with Gasteiger partial charge in [0.1, 0.15) is 0 Å². The first-order valence-corrected chi connectivity index (χ1v) is 10.5. The van der Waals surface area contributed by atoms with Crippen LogP contribution in [0.2, 0.25) is 0 Å². The van der Waals surface area contributed by atoms with E-state index in [-0.39, 0.29) is 6.04 Å². The fourth-order valence-electron chi connectivity index (χ4n) is 3.90. The summed E-state index contributed by atoms with van der Waals surface area (Å²) in [6.45, 7) is 4.34. The van der Waals surface area contributed by atoms with Crippen molar-refractivity contribution in [1.82, 2.24) is 10.2 Å². The summed E-state index contributed by atoms with van der Waals surface area (Å²) in [7, 11) is 0. The highest BCUT2D eigenvalue weighted by molar-refractivity contribution is 9.10. The van der Waals surface area contributed by atoms with Gasteiger partial charge in [-0.05, 0) is 47.4 Å². The van der Waals surface area contributed by atoms with Crippen LogP contribution in [0.15, 0.2) is 83.3 Å². The molecule has 1 aliphatic rings. The zero-order valence-electron chi connectivity index (χ0n) is 15.4. The summed E-state index contributed by atoms with van der Waals surface area (Å²) in [5.41, 5.74) is 5.24. The van der Waals surface area contributed by atoms with E-state index in [0.29, 0.717) is 0 Å². The van der Waals surface area contributed by atoms with E-state index < -0.39 is 0 Å². The van der Waals surface area contributed by atoms with Gasteiger partial charge < -0.3 is 5.32 Å². The van der Waals surface area contributed by atoms with Crippen LogP contribution in [-0.4, -0.2) is 31.1 Å². The van der Waals surface area contributed by atoms with Gasteiger partial charge in [0.2, 0.25) is 0 Å². The van der Waals surface area contributed by atoms with Crippen LogP contribution in [-0.2, 0) is 0 Å². The average Bonchev–Trinajstić information content (AvgIpc) is 2.99. The number of halogens is 1. The lowest BCUT2D eigenvalue weighted by Gasteiger charge is -2.31. The lowest BCUT2D eigenvalue weighted by atomic mass is 9.94. The van der Waals surface area contributed by atoms with Crippen LogP contribution >= 0.6 is 15.9 Å². The first-order chi connectivity index (χ1) is 13.3. The predicted molar refractivity (Wildman–Crippen MR) is 117 cm³/mol. The molecule has 1 fully saturated rings. The number of nitrogens with one attached hydrogen (secondary N) is 1. The summed E-state index contributed by atoms with van der Waals surface area (Å²) in [6.07, 6.45) is 1.19. The van der Waals surface area contributed by atoms with Gasteiger partial charge in [-0.15, -0.1) is 0 Å². The first-order valence-electron chi connectivity index (χ1n) is 9.67. The van der Waals surface area contributed by atoms with Crippen molar-refractivity contribution in [2.75, 3.05) is 26.2 Å². The van der Waals surface area contributed by atoms with Gasteiger partial charge >= 0.3 is 0 Å². The maximum absolute atomic E-state index is 3.65. The third-order valence-electron chi connectivity index (χ3n) is 5.24. The third kappa shape index (κ3) is 4.49. The Balaban J connectivity index is 1.69. The molecule has 1 aliphatic heterocycles. The molecule has 3 aromatic carbocycles. The SMILES string of the molecule is Brc1cccc(C(c2ccc(-c3ccccc3)cc2)N2CCCNCC2)c1. The second-order valence-electron chi connectivity index (χ2n) is 7.09. The minimum atomic E-state index is 0.284. The highest BCUT2D eigenvalue weighted by Crippen LogP contribution is 2.32. The molecule has 0 aliphatic carbocycles. The molecule has 0 radical (unpaired) electrons. The molecular weight excluding hydrogens is 396 g/mol. The Kier molecular flexibility index (Phi) is 6.03. The quantitative estimate of drug-likeness (QED) is 0.599. The van der Waals surface area contributed by atoms with Crippen molar-refractivity contribution in [3.8, 4) is 11.1 Å².